The van der Waals surface area contributed by atoms with Crippen LogP contribution in [-0.2, 0) is 4.79 Å². The summed E-state index contributed by atoms with van der Waals surface area (Å²) < 4.78 is 3.43. The molecule has 5 saturated carbocycles. The monoisotopic (exact) mass is 513 g/mol. The number of halogens is 1. The minimum atomic E-state index is -0.0218. The molecule has 0 radical (unpaired) electrons. The van der Waals surface area contributed by atoms with Crippen molar-refractivity contribution in [2.24, 2.45) is 23.2 Å². The smallest absolute Gasteiger partial charge is 0.192 e. The molecule has 1 aromatic carbocycles. The highest BCUT2D eigenvalue weighted by Gasteiger charge is 2.54. The third-order valence-electron chi connectivity index (χ3n) is 8.67. The summed E-state index contributed by atoms with van der Waals surface area (Å²) in [6.07, 6.45) is 13.8. The van der Waals surface area contributed by atoms with Crippen molar-refractivity contribution in [3.8, 4) is 11.4 Å². The average Bonchev–Trinajstić information content (AvgIpc) is 3.21. The fourth-order valence-corrected chi connectivity index (χ4v) is 8.88. The van der Waals surface area contributed by atoms with E-state index in [0.717, 1.165) is 58.0 Å². The number of thioether (sulfide) groups is 1. The Bertz CT molecular complexity index is 960. The van der Waals surface area contributed by atoms with Crippen LogP contribution in [0.15, 0.2) is 33.9 Å². The molecule has 7 rings (SSSR count). The van der Waals surface area contributed by atoms with Crippen molar-refractivity contribution in [2.45, 2.75) is 81.8 Å². The minimum absolute atomic E-state index is 0.0218. The summed E-state index contributed by atoms with van der Waals surface area (Å²) in [5.74, 6) is 4.43. The highest BCUT2D eigenvalue weighted by molar-refractivity contribution is 9.10. The standard InChI is InChI=1S/C26H32BrN3OS/c27-21-8-6-20(7-9-21)24-28-29-25(30(24)22-4-2-1-3-5-22)32-16-23(31)26-13-17-10-18(14-26)12-19(11-17)15-26/h6-9,17-19,22H,1-5,10-16H2. The first-order valence-electron chi connectivity index (χ1n) is 12.5. The first-order chi connectivity index (χ1) is 15.6. The van der Waals surface area contributed by atoms with Gasteiger partial charge in [-0.25, -0.2) is 0 Å². The summed E-state index contributed by atoms with van der Waals surface area (Å²) >= 11 is 5.19. The molecule has 6 heteroatoms. The molecule has 0 spiro atoms. The zero-order valence-corrected chi connectivity index (χ0v) is 21.0. The zero-order valence-electron chi connectivity index (χ0n) is 18.6. The van der Waals surface area contributed by atoms with Gasteiger partial charge >= 0.3 is 0 Å². The molecule has 0 N–H and O–H groups in total. The van der Waals surface area contributed by atoms with Crippen molar-refractivity contribution in [1.82, 2.24) is 14.8 Å². The number of carbonyl (C=O) groups excluding carboxylic acids is 1. The zero-order chi connectivity index (χ0) is 21.7. The molecule has 1 aromatic heterocycles. The molecule has 1 heterocycles. The van der Waals surface area contributed by atoms with E-state index in [1.165, 1.54) is 51.4 Å². The van der Waals surface area contributed by atoms with Gasteiger partial charge in [0.25, 0.3) is 0 Å². The lowest BCUT2D eigenvalue weighted by Crippen LogP contribution is -2.50. The summed E-state index contributed by atoms with van der Waals surface area (Å²) in [5.41, 5.74) is 1.08. The molecular formula is C26H32BrN3OS. The molecule has 2 aromatic rings. The third-order valence-corrected chi connectivity index (χ3v) is 10.1. The number of rotatable bonds is 6. The van der Waals surface area contributed by atoms with Crippen LogP contribution in [0, 0.1) is 23.2 Å². The maximum Gasteiger partial charge on any atom is 0.192 e. The summed E-state index contributed by atoms with van der Waals surface area (Å²) in [6.45, 7) is 0. The lowest BCUT2D eigenvalue weighted by atomic mass is 9.48. The van der Waals surface area contributed by atoms with E-state index in [0.29, 0.717) is 17.6 Å². The molecule has 32 heavy (non-hydrogen) atoms. The quantitative estimate of drug-likeness (QED) is 0.386. The highest BCUT2D eigenvalue weighted by atomic mass is 79.9. The Morgan fingerprint density at radius 2 is 1.59 bits per heavy atom. The second-order valence-electron chi connectivity index (χ2n) is 10.9. The van der Waals surface area contributed by atoms with Gasteiger partial charge in [0.1, 0.15) is 5.78 Å². The van der Waals surface area contributed by atoms with Crippen LogP contribution in [0.25, 0.3) is 11.4 Å². The molecule has 4 bridgehead atoms. The number of Topliss-reactive ketones (excluding diaryl/α,β-unsaturated/α-hetero) is 1. The predicted octanol–water partition coefficient (Wildman–Crippen LogP) is 7.09. The van der Waals surface area contributed by atoms with E-state index in [1.54, 1.807) is 11.8 Å². The predicted molar refractivity (Wildman–Crippen MR) is 132 cm³/mol. The second kappa shape index (κ2) is 8.57. The van der Waals surface area contributed by atoms with Crippen LogP contribution in [0.5, 0.6) is 0 Å². The Morgan fingerprint density at radius 1 is 0.969 bits per heavy atom. The highest BCUT2D eigenvalue weighted by Crippen LogP contribution is 2.60. The van der Waals surface area contributed by atoms with E-state index in [4.69, 9.17) is 0 Å². The van der Waals surface area contributed by atoms with E-state index >= 15 is 0 Å². The Kier molecular flexibility index (Phi) is 5.73. The van der Waals surface area contributed by atoms with Gasteiger partial charge in [-0.05, 0) is 81.3 Å². The lowest BCUT2D eigenvalue weighted by Gasteiger charge is -2.56. The van der Waals surface area contributed by atoms with Gasteiger partial charge in [0.15, 0.2) is 11.0 Å². The van der Waals surface area contributed by atoms with Crippen LogP contribution in [0.3, 0.4) is 0 Å². The second-order valence-corrected chi connectivity index (χ2v) is 12.7. The minimum Gasteiger partial charge on any atom is -0.299 e. The van der Waals surface area contributed by atoms with E-state index in [2.05, 4.69) is 55.0 Å². The van der Waals surface area contributed by atoms with E-state index < -0.39 is 0 Å². The van der Waals surface area contributed by atoms with Gasteiger partial charge in [-0.3, -0.25) is 9.36 Å². The SMILES string of the molecule is O=C(CSc1nnc(-c2ccc(Br)cc2)n1C1CCCCC1)C12CC3CC(CC(C3)C1)C2. The Labute approximate surface area is 203 Å². The number of hydrogen-bond donors (Lipinski definition) is 0. The van der Waals surface area contributed by atoms with Crippen LogP contribution >= 0.6 is 27.7 Å². The molecule has 5 fully saturated rings. The molecule has 5 aliphatic carbocycles. The van der Waals surface area contributed by atoms with Crippen molar-refractivity contribution in [1.29, 1.82) is 0 Å². The first kappa shape index (κ1) is 21.4. The fraction of sp³-hybridized carbons (Fsp3) is 0.654. The summed E-state index contributed by atoms with van der Waals surface area (Å²) in [4.78, 5) is 13.6. The van der Waals surface area contributed by atoms with Crippen molar-refractivity contribution in [3.05, 3.63) is 28.7 Å². The summed E-state index contributed by atoms with van der Waals surface area (Å²) in [6, 6.07) is 8.80. The van der Waals surface area contributed by atoms with Gasteiger partial charge < -0.3 is 0 Å². The molecule has 0 saturated heterocycles. The molecule has 5 aliphatic rings. The van der Waals surface area contributed by atoms with Crippen molar-refractivity contribution >= 4 is 33.5 Å². The summed E-state index contributed by atoms with van der Waals surface area (Å²) in [5, 5.41) is 10.2. The number of ketones is 1. The van der Waals surface area contributed by atoms with Gasteiger partial charge in [-0.15, -0.1) is 10.2 Å². The number of aromatic nitrogens is 3. The van der Waals surface area contributed by atoms with Gasteiger partial charge in [0.2, 0.25) is 0 Å². The first-order valence-corrected chi connectivity index (χ1v) is 14.2. The van der Waals surface area contributed by atoms with Crippen LogP contribution in [0.2, 0.25) is 0 Å². The molecule has 0 unspecified atom stereocenters. The molecule has 4 nitrogen and oxygen atoms in total. The average molecular weight is 515 g/mol. The van der Waals surface area contributed by atoms with E-state index in [-0.39, 0.29) is 5.41 Å². The number of nitrogens with zero attached hydrogens (tertiary/aromatic N) is 3. The molecule has 0 atom stereocenters. The van der Waals surface area contributed by atoms with Crippen LogP contribution in [-0.4, -0.2) is 26.3 Å². The number of benzene rings is 1. The maximum absolute atomic E-state index is 13.6. The van der Waals surface area contributed by atoms with Gasteiger partial charge in [-0.1, -0.05) is 59.1 Å². The van der Waals surface area contributed by atoms with Crippen molar-refractivity contribution < 1.29 is 4.79 Å². The molecular weight excluding hydrogens is 482 g/mol. The van der Waals surface area contributed by atoms with Crippen LogP contribution in [0.4, 0.5) is 0 Å². The van der Waals surface area contributed by atoms with E-state index in [9.17, 15) is 4.79 Å². The van der Waals surface area contributed by atoms with Crippen LogP contribution < -0.4 is 0 Å². The topological polar surface area (TPSA) is 47.8 Å². The molecule has 0 amide bonds. The fourth-order valence-electron chi connectivity index (χ4n) is 7.57. The van der Waals surface area contributed by atoms with Crippen LogP contribution in [0.1, 0.15) is 76.7 Å². The third kappa shape index (κ3) is 3.89. The number of hydrogen-bond acceptors (Lipinski definition) is 4. The normalized spacial score (nSPS) is 31.8. The van der Waals surface area contributed by atoms with Crippen molar-refractivity contribution in [2.75, 3.05) is 5.75 Å². The molecule has 170 valence electrons. The van der Waals surface area contributed by atoms with Gasteiger partial charge in [0, 0.05) is 21.5 Å². The largest absolute Gasteiger partial charge is 0.299 e. The lowest BCUT2D eigenvalue weighted by molar-refractivity contribution is -0.141. The van der Waals surface area contributed by atoms with E-state index in [1.807, 2.05) is 0 Å². The van der Waals surface area contributed by atoms with Gasteiger partial charge in [-0.2, -0.15) is 0 Å². The Hall–Kier alpha value is -1.14. The van der Waals surface area contributed by atoms with Crippen molar-refractivity contribution in [3.63, 3.8) is 0 Å². The Morgan fingerprint density at radius 3 is 2.22 bits per heavy atom. The van der Waals surface area contributed by atoms with Gasteiger partial charge in [0.05, 0.1) is 5.75 Å². The number of carbonyl (C=O) groups is 1. The Balaban J connectivity index is 1.25. The summed E-state index contributed by atoms with van der Waals surface area (Å²) in [7, 11) is 0. The maximum atomic E-state index is 13.6. The molecule has 0 aliphatic heterocycles.